The zero-order valence-corrected chi connectivity index (χ0v) is 17.0. The Hall–Kier alpha value is -2.55. The summed E-state index contributed by atoms with van der Waals surface area (Å²) in [6.45, 7) is 4.96. The maximum absolute atomic E-state index is 12.2. The van der Waals surface area contributed by atoms with Gasteiger partial charge in [0, 0.05) is 42.9 Å². The molecular weight excluding hydrogens is 414 g/mol. The van der Waals surface area contributed by atoms with Crippen molar-refractivity contribution in [3.8, 4) is 0 Å². The molecule has 3 rings (SSSR count). The van der Waals surface area contributed by atoms with Crippen LogP contribution in [-0.4, -0.2) is 50.8 Å². The molecule has 144 valence electrons. The lowest BCUT2D eigenvalue weighted by atomic mass is 10.1. The van der Waals surface area contributed by atoms with Gasteiger partial charge in [0.25, 0.3) is 5.56 Å². The molecule has 1 saturated heterocycles. The highest BCUT2D eigenvalue weighted by molar-refractivity contribution is 9.10. The maximum Gasteiger partial charge on any atom is 0.407 e. The van der Waals surface area contributed by atoms with E-state index in [0.29, 0.717) is 24.6 Å². The first kappa shape index (κ1) is 19.2. The van der Waals surface area contributed by atoms with Crippen LogP contribution in [0.3, 0.4) is 0 Å². The molecule has 2 aromatic rings. The Balaban J connectivity index is 1.76. The van der Waals surface area contributed by atoms with Crippen LogP contribution < -0.4 is 15.8 Å². The number of piperazine rings is 1. The minimum atomic E-state index is -0.887. The van der Waals surface area contributed by atoms with E-state index < -0.39 is 6.09 Å². The van der Waals surface area contributed by atoms with Crippen molar-refractivity contribution in [1.29, 1.82) is 0 Å². The molecule has 0 spiro atoms. The summed E-state index contributed by atoms with van der Waals surface area (Å²) in [5.74, 6) is 0.568. The molecule has 27 heavy (non-hydrogen) atoms. The third-order valence-electron chi connectivity index (χ3n) is 4.72. The van der Waals surface area contributed by atoms with Gasteiger partial charge < -0.3 is 24.8 Å². The van der Waals surface area contributed by atoms with E-state index in [4.69, 9.17) is 0 Å². The van der Waals surface area contributed by atoms with Gasteiger partial charge in [-0.2, -0.15) is 0 Å². The summed E-state index contributed by atoms with van der Waals surface area (Å²) in [7, 11) is 1.69. The van der Waals surface area contributed by atoms with Crippen molar-refractivity contribution in [1.82, 2.24) is 14.5 Å². The summed E-state index contributed by atoms with van der Waals surface area (Å²) in [5, 5.41) is 12.3. The van der Waals surface area contributed by atoms with E-state index in [2.05, 4.69) is 31.1 Å². The molecule has 1 amide bonds. The Kier molecular flexibility index (Phi) is 5.41. The minimum Gasteiger partial charge on any atom is -0.465 e. The van der Waals surface area contributed by atoms with Gasteiger partial charge in [0.05, 0.1) is 11.9 Å². The predicted octanol–water partition coefficient (Wildman–Crippen LogP) is 2.86. The second kappa shape index (κ2) is 7.59. The number of pyridine rings is 2. The highest BCUT2D eigenvalue weighted by Gasteiger charge is 2.32. The molecule has 3 heterocycles. The van der Waals surface area contributed by atoms with Crippen molar-refractivity contribution in [2.45, 2.75) is 25.9 Å². The highest BCUT2D eigenvalue weighted by atomic mass is 79.9. The van der Waals surface area contributed by atoms with Gasteiger partial charge in [-0.05, 0) is 48.0 Å². The van der Waals surface area contributed by atoms with Crippen LogP contribution >= 0.6 is 15.9 Å². The van der Waals surface area contributed by atoms with E-state index in [0.717, 1.165) is 10.2 Å². The van der Waals surface area contributed by atoms with Crippen molar-refractivity contribution in [2.24, 2.45) is 7.05 Å². The SMILES string of the molecule is CC1CN(c2ccc(Nc3cc(Br)cn(C)c3=O)nc2)C(C)CN1C(=O)O. The third-order valence-corrected chi connectivity index (χ3v) is 5.16. The van der Waals surface area contributed by atoms with E-state index in [-0.39, 0.29) is 17.6 Å². The zero-order valence-electron chi connectivity index (χ0n) is 15.4. The van der Waals surface area contributed by atoms with Gasteiger partial charge in [0.15, 0.2) is 0 Å². The van der Waals surface area contributed by atoms with E-state index in [1.165, 1.54) is 9.47 Å². The molecular formula is C18H22BrN5O3. The maximum atomic E-state index is 12.2. The van der Waals surface area contributed by atoms with Crippen LogP contribution in [0.25, 0.3) is 0 Å². The molecule has 0 aromatic carbocycles. The molecule has 9 heteroatoms. The smallest absolute Gasteiger partial charge is 0.407 e. The fourth-order valence-electron chi connectivity index (χ4n) is 3.28. The molecule has 2 aromatic heterocycles. The average molecular weight is 436 g/mol. The Morgan fingerprint density at radius 3 is 2.67 bits per heavy atom. The molecule has 2 N–H and O–H groups in total. The van der Waals surface area contributed by atoms with Gasteiger partial charge >= 0.3 is 6.09 Å². The van der Waals surface area contributed by atoms with Crippen LogP contribution in [-0.2, 0) is 7.05 Å². The molecule has 2 unspecified atom stereocenters. The summed E-state index contributed by atoms with van der Waals surface area (Å²) in [5.41, 5.74) is 1.22. The monoisotopic (exact) mass is 435 g/mol. The molecule has 1 fully saturated rings. The molecule has 1 aliphatic rings. The van der Waals surface area contributed by atoms with Gasteiger partial charge in [-0.25, -0.2) is 9.78 Å². The topological polar surface area (TPSA) is 90.7 Å². The van der Waals surface area contributed by atoms with Crippen LogP contribution in [0.4, 0.5) is 22.0 Å². The number of halogens is 1. The Morgan fingerprint density at radius 1 is 1.30 bits per heavy atom. The van der Waals surface area contributed by atoms with Crippen LogP contribution in [0.2, 0.25) is 0 Å². The molecule has 0 saturated carbocycles. The largest absolute Gasteiger partial charge is 0.465 e. The fraction of sp³-hybridized carbons (Fsp3) is 0.389. The summed E-state index contributed by atoms with van der Waals surface area (Å²) >= 11 is 3.38. The van der Waals surface area contributed by atoms with Gasteiger partial charge in [0.2, 0.25) is 0 Å². The molecule has 0 radical (unpaired) electrons. The van der Waals surface area contributed by atoms with Crippen LogP contribution in [0, 0.1) is 0 Å². The standard InChI is InChI=1S/C18H22BrN5O3/c1-11-9-24(18(26)27)12(2)8-23(11)14-4-5-16(20-7-14)21-15-6-13(19)10-22(3)17(15)25/h4-7,10-12H,8-9H2,1-3H3,(H,20,21)(H,26,27). The molecule has 0 aliphatic carbocycles. The van der Waals surface area contributed by atoms with Gasteiger partial charge in [0.1, 0.15) is 11.5 Å². The summed E-state index contributed by atoms with van der Waals surface area (Å²) < 4.78 is 2.29. The predicted molar refractivity (Wildman–Crippen MR) is 108 cm³/mol. The molecule has 0 bridgehead atoms. The lowest BCUT2D eigenvalue weighted by molar-refractivity contribution is 0.114. The van der Waals surface area contributed by atoms with Crippen molar-refractivity contribution in [3.63, 3.8) is 0 Å². The Bertz CT molecular complexity index is 899. The highest BCUT2D eigenvalue weighted by Crippen LogP contribution is 2.24. The van der Waals surface area contributed by atoms with Gasteiger partial charge in [-0.15, -0.1) is 0 Å². The summed E-state index contributed by atoms with van der Waals surface area (Å²) in [6, 6.07) is 5.41. The second-order valence-corrected chi connectivity index (χ2v) is 7.72. The first-order valence-corrected chi connectivity index (χ1v) is 9.41. The number of amides is 1. The fourth-order valence-corrected chi connectivity index (χ4v) is 3.82. The lowest BCUT2D eigenvalue weighted by Crippen LogP contribution is -2.58. The van der Waals surface area contributed by atoms with Crippen molar-refractivity contribution in [2.75, 3.05) is 23.3 Å². The minimum absolute atomic E-state index is 0.0512. The number of carboxylic acid groups (broad SMARTS) is 1. The first-order valence-electron chi connectivity index (χ1n) is 8.61. The van der Waals surface area contributed by atoms with E-state index in [1.54, 1.807) is 25.5 Å². The normalized spacial score (nSPS) is 19.9. The number of nitrogens with one attached hydrogen (secondary N) is 1. The number of hydrogen-bond donors (Lipinski definition) is 2. The van der Waals surface area contributed by atoms with Crippen molar-refractivity contribution < 1.29 is 9.90 Å². The van der Waals surface area contributed by atoms with Gasteiger partial charge in [-0.1, -0.05) is 0 Å². The van der Waals surface area contributed by atoms with Crippen molar-refractivity contribution >= 4 is 39.2 Å². The molecule has 8 nitrogen and oxygen atoms in total. The summed E-state index contributed by atoms with van der Waals surface area (Å²) in [6.07, 6.45) is 2.55. The van der Waals surface area contributed by atoms with Crippen LogP contribution in [0.15, 0.2) is 39.9 Å². The average Bonchev–Trinajstić information content (AvgIpc) is 2.61. The Morgan fingerprint density at radius 2 is 2.04 bits per heavy atom. The van der Waals surface area contributed by atoms with E-state index in [9.17, 15) is 14.7 Å². The first-order chi connectivity index (χ1) is 12.8. The van der Waals surface area contributed by atoms with Crippen LogP contribution in [0.5, 0.6) is 0 Å². The number of nitrogens with zero attached hydrogens (tertiary/aromatic N) is 4. The number of hydrogen-bond acceptors (Lipinski definition) is 5. The third kappa shape index (κ3) is 4.08. The number of aromatic nitrogens is 2. The quantitative estimate of drug-likeness (QED) is 0.769. The summed E-state index contributed by atoms with van der Waals surface area (Å²) in [4.78, 5) is 31.5. The number of rotatable bonds is 3. The lowest BCUT2D eigenvalue weighted by Gasteiger charge is -2.43. The Labute approximate surface area is 165 Å². The molecule has 1 aliphatic heterocycles. The number of carbonyl (C=O) groups is 1. The van der Waals surface area contributed by atoms with Crippen LogP contribution in [0.1, 0.15) is 13.8 Å². The zero-order chi connectivity index (χ0) is 19.7. The number of aryl methyl sites for hydroxylation is 1. The van der Waals surface area contributed by atoms with Gasteiger partial charge in [-0.3, -0.25) is 4.79 Å². The molecule has 2 atom stereocenters. The second-order valence-electron chi connectivity index (χ2n) is 6.80. The number of anilines is 3. The van der Waals surface area contributed by atoms with E-state index in [1.807, 2.05) is 26.0 Å². The van der Waals surface area contributed by atoms with E-state index >= 15 is 0 Å². The van der Waals surface area contributed by atoms with Crippen molar-refractivity contribution in [3.05, 3.63) is 45.4 Å².